The second kappa shape index (κ2) is 7.28. The minimum Gasteiger partial charge on any atom is -0.457 e. The van der Waals surface area contributed by atoms with Gasteiger partial charge >= 0.3 is 5.97 Å². The van der Waals surface area contributed by atoms with Crippen molar-refractivity contribution < 1.29 is 9.53 Å². The molecule has 25 heavy (non-hydrogen) atoms. The number of ether oxygens (including phenoxy) is 1. The first kappa shape index (κ1) is 16.2. The molecule has 3 rings (SSSR count). The molecule has 0 amide bonds. The number of aromatic nitrogens is 1. The monoisotopic (exact) mass is 330 g/mol. The van der Waals surface area contributed by atoms with Crippen molar-refractivity contribution in [1.29, 1.82) is 5.26 Å². The van der Waals surface area contributed by atoms with E-state index in [4.69, 9.17) is 10.00 Å². The number of nitrogens with one attached hydrogen (secondary N) is 1. The fourth-order valence-corrected chi connectivity index (χ4v) is 2.37. The van der Waals surface area contributed by atoms with E-state index in [2.05, 4.69) is 4.98 Å². The molecule has 0 fully saturated rings. The summed E-state index contributed by atoms with van der Waals surface area (Å²) in [4.78, 5) is 26.6. The number of carbonyl (C=O) groups excluding carboxylic acids is 1. The van der Waals surface area contributed by atoms with Crippen molar-refractivity contribution >= 4 is 22.9 Å². The Morgan fingerprint density at radius 3 is 2.84 bits per heavy atom. The zero-order chi connectivity index (χ0) is 17.6. The maximum atomic E-state index is 12.0. The van der Waals surface area contributed by atoms with Crippen LogP contribution >= 0.6 is 0 Å². The van der Waals surface area contributed by atoms with Gasteiger partial charge in [0.2, 0.25) is 0 Å². The molecule has 0 radical (unpaired) electrons. The number of nitriles is 1. The molecule has 0 saturated carbocycles. The highest BCUT2D eigenvalue weighted by Crippen LogP contribution is 2.11. The third-order valence-corrected chi connectivity index (χ3v) is 3.63. The number of pyridine rings is 1. The van der Waals surface area contributed by atoms with Crippen LogP contribution in [-0.4, -0.2) is 11.0 Å². The Hall–Kier alpha value is -3.65. The first-order chi connectivity index (χ1) is 12.2. The maximum Gasteiger partial charge on any atom is 0.331 e. The van der Waals surface area contributed by atoms with E-state index in [1.807, 2.05) is 30.3 Å². The molecule has 0 aliphatic carbocycles. The first-order valence-electron chi connectivity index (χ1n) is 7.61. The van der Waals surface area contributed by atoms with Gasteiger partial charge in [0.05, 0.1) is 17.2 Å². The van der Waals surface area contributed by atoms with Crippen molar-refractivity contribution in [3.8, 4) is 6.07 Å². The van der Waals surface area contributed by atoms with Gasteiger partial charge in [-0.3, -0.25) is 4.79 Å². The van der Waals surface area contributed by atoms with Gasteiger partial charge in [0, 0.05) is 11.6 Å². The zero-order valence-corrected chi connectivity index (χ0v) is 13.2. The molecular formula is C20H14N2O3. The lowest BCUT2D eigenvalue weighted by Gasteiger charge is -2.04. The number of hydrogen-bond acceptors (Lipinski definition) is 4. The number of H-pyrrole nitrogens is 1. The van der Waals surface area contributed by atoms with Gasteiger partial charge in [0.15, 0.2) is 0 Å². The van der Waals surface area contributed by atoms with Gasteiger partial charge in [-0.15, -0.1) is 0 Å². The molecular weight excluding hydrogens is 316 g/mol. The highest BCUT2D eigenvalue weighted by atomic mass is 16.5. The van der Waals surface area contributed by atoms with Crippen LogP contribution in [0.4, 0.5) is 0 Å². The summed E-state index contributed by atoms with van der Waals surface area (Å²) >= 11 is 0. The van der Waals surface area contributed by atoms with Gasteiger partial charge in [0.25, 0.3) is 5.56 Å². The van der Waals surface area contributed by atoms with Crippen LogP contribution in [0.15, 0.2) is 65.5 Å². The predicted molar refractivity (Wildman–Crippen MR) is 94.6 cm³/mol. The number of aromatic amines is 1. The molecule has 5 nitrogen and oxygen atoms in total. The summed E-state index contributed by atoms with van der Waals surface area (Å²) in [7, 11) is 0. The van der Waals surface area contributed by atoms with Crippen molar-refractivity contribution in [2.24, 2.45) is 0 Å². The van der Waals surface area contributed by atoms with Crippen LogP contribution in [0.5, 0.6) is 0 Å². The smallest absolute Gasteiger partial charge is 0.331 e. The molecule has 1 N–H and O–H groups in total. The quantitative estimate of drug-likeness (QED) is 0.588. The topological polar surface area (TPSA) is 82.9 Å². The molecule has 1 heterocycles. The highest BCUT2D eigenvalue weighted by Gasteiger charge is 2.05. The van der Waals surface area contributed by atoms with Crippen LogP contribution in [0.25, 0.3) is 17.0 Å². The van der Waals surface area contributed by atoms with Gasteiger partial charge in [-0.2, -0.15) is 5.26 Å². The number of para-hydroxylation sites is 1. The number of benzene rings is 2. The maximum absolute atomic E-state index is 12.0. The van der Waals surface area contributed by atoms with E-state index in [1.165, 1.54) is 6.08 Å². The van der Waals surface area contributed by atoms with Gasteiger partial charge in [-0.25, -0.2) is 4.79 Å². The summed E-state index contributed by atoms with van der Waals surface area (Å²) in [5.41, 5.74) is 2.07. The number of esters is 1. The Morgan fingerprint density at radius 1 is 1.16 bits per heavy atom. The SMILES string of the molecule is N#Cc1cccc(C=CC(=O)OCc2cc3ccccc3[nH]c2=O)c1. The summed E-state index contributed by atoms with van der Waals surface area (Å²) in [6, 6.07) is 18.0. The number of hydrogen-bond donors (Lipinski definition) is 1. The second-order valence-corrected chi connectivity index (χ2v) is 5.39. The fourth-order valence-electron chi connectivity index (χ4n) is 2.37. The number of nitrogens with zero attached hydrogens (tertiary/aromatic N) is 1. The lowest BCUT2D eigenvalue weighted by Crippen LogP contribution is -2.14. The van der Waals surface area contributed by atoms with E-state index in [9.17, 15) is 9.59 Å². The predicted octanol–water partition coefficient (Wildman–Crippen LogP) is 3.16. The van der Waals surface area contributed by atoms with Gasteiger partial charge < -0.3 is 9.72 Å². The van der Waals surface area contributed by atoms with E-state index in [0.717, 1.165) is 16.5 Å². The van der Waals surface area contributed by atoms with Crippen LogP contribution in [0.3, 0.4) is 0 Å². The molecule has 122 valence electrons. The summed E-state index contributed by atoms with van der Waals surface area (Å²) in [5, 5.41) is 9.72. The Bertz CT molecular complexity index is 1060. The molecule has 0 unspecified atom stereocenters. The number of carbonyl (C=O) groups is 1. The first-order valence-corrected chi connectivity index (χ1v) is 7.61. The lowest BCUT2D eigenvalue weighted by atomic mass is 10.1. The zero-order valence-electron chi connectivity index (χ0n) is 13.2. The summed E-state index contributed by atoms with van der Waals surface area (Å²) in [6.45, 7) is -0.110. The molecule has 0 aliphatic heterocycles. The Kier molecular flexibility index (Phi) is 4.72. The van der Waals surface area contributed by atoms with Crippen LogP contribution in [0.1, 0.15) is 16.7 Å². The molecule has 0 spiro atoms. The van der Waals surface area contributed by atoms with Crippen LogP contribution in [0.2, 0.25) is 0 Å². The van der Waals surface area contributed by atoms with E-state index >= 15 is 0 Å². The average molecular weight is 330 g/mol. The molecule has 3 aromatic rings. The number of fused-ring (bicyclic) bond motifs is 1. The van der Waals surface area contributed by atoms with Gasteiger partial charge in [-0.05, 0) is 41.3 Å². The van der Waals surface area contributed by atoms with E-state index in [1.54, 1.807) is 36.4 Å². The van der Waals surface area contributed by atoms with E-state index in [0.29, 0.717) is 11.1 Å². The Morgan fingerprint density at radius 2 is 2.00 bits per heavy atom. The molecule has 0 saturated heterocycles. The van der Waals surface area contributed by atoms with Crippen molar-refractivity contribution in [2.75, 3.05) is 0 Å². The minimum atomic E-state index is -0.560. The van der Waals surface area contributed by atoms with E-state index < -0.39 is 5.97 Å². The van der Waals surface area contributed by atoms with Crippen LogP contribution in [0, 0.1) is 11.3 Å². The van der Waals surface area contributed by atoms with Crippen LogP contribution < -0.4 is 5.56 Å². The van der Waals surface area contributed by atoms with Crippen LogP contribution in [-0.2, 0) is 16.1 Å². The van der Waals surface area contributed by atoms with Crippen molar-refractivity contribution in [3.63, 3.8) is 0 Å². The summed E-state index contributed by atoms with van der Waals surface area (Å²) in [6.07, 6.45) is 2.83. The van der Waals surface area contributed by atoms with Gasteiger partial charge in [0.1, 0.15) is 6.61 Å². The largest absolute Gasteiger partial charge is 0.457 e. The highest BCUT2D eigenvalue weighted by molar-refractivity contribution is 5.87. The fraction of sp³-hybridized carbons (Fsp3) is 0.0500. The average Bonchev–Trinajstić information content (AvgIpc) is 2.64. The molecule has 1 aromatic heterocycles. The molecule has 5 heteroatoms. The molecule has 0 atom stereocenters. The van der Waals surface area contributed by atoms with E-state index in [-0.39, 0.29) is 12.2 Å². The van der Waals surface area contributed by atoms with Crippen molar-refractivity contribution in [3.05, 3.63) is 87.7 Å². The molecule has 0 bridgehead atoms. The third kappa shape index (κ3) is 4.01. The van der Waals surface area contributed by atoms with Gasteiger partial charge in [-0.1, -0.05) is 30.3 Å². The normalized spacial score (nSPS) is 10.7. The summed E-state index contributed by atoms with van der Waals surface area (Å²) < 4.78 is 5.13. The second-order valence-electron chi connectivity index (χ2n) is 5.39. The Balaban J connectivity index is 1.68. The standard InChI is InChI=1S/C20H14N2O3/c21-12-15-5-3-4-14(10-15)8-9-19(23)25-13-17-11-16-6-1-2-7-18(16)22-20(17)24/h1-11H,13H2,(H,22,24). The summed E-state index contributed by atoms with van der Waals surface area (Å²) in [5.74, 6) is -0.560. The third-order valence-electron chi connectivity index (χ3n) is 3.63. The van der Waals surface area contributed by atoms with Crippen molar-refractivity contribution in [1.82, 2.24) is 4.98 Å². The number of rotatable bonds is 4. The Labute approximate surface area is 143 Å². The minimum absolute atomic E-state index is 0.110. The van der Waals surface area contributed by atoms with Crippen molar-refractivity contribution in [2.45, 2.75) is 6.61 Å². The molecule has 2 aromatic carbocycles. The lowest BCUT2D eigenvalue weighted by molar-refractivity contribution is -0.138. The molecule has 0 aliphatic rings.